The van der Waals surface area contributed by atoms with Crippen LogP contribution in [0.3, 0.4) is 0 Å². The zero-order valence-corrected chi connectivity index (χ0v) is 30.7. The largest absolute Gasteiger partial charge is 0.465 e. The lowest BCUT2D eigenvalue weighted by Gasteiger charge is -2.29. The molecule has 2 saturated carbocycles. The van der Waals surface area contributed by atoms with Crippen LogP contribution >= 0.6 is 0 Å². The molecule has 1 atom stereocenters. The second-order valence-electron chi connectivity index (χ2n) is 14.5. The van der Waals surface area contributed by atoms with Crippen LogP contribution in [0, 0.1) is 18.8 Å². The molecule has 0 aliphatic heterocycles. The van der Waals surface area contributed by atoms with Gasteiger partial charge >= 0.3 is 6.09 Å². The number of hydrogen-bond acceptors (Lipinski definition) is 8. The van der Waals surface area contributed by atoms with Crippen LogP contribution in [0.2, 0.25) is 0 Å². The standard InChI is InChI=1S/C40H49N9O5/c1-24-21-30(38(51)43-33-18-16-31(41-2)17-19-33)13-20-34(24)27-7-3-25(4-8-27)22-35(45-37(50)29-9-5-26(6-10-29)23-42-40(53)54)39(52)44-32-14-11-28(12-15-32)36-46-48-49-47-36/h3-4,7-8,11-15,20-21,26,29,31,33,35,41-42H,5-6,9-10,16-19,22-23H2,1-2H3,(H,43,51)(H,44,52)(H,45,50)(H,53,54)(H,46,47,48,49)/t26?,29?,31?,33?,35-/m0/s1. The van der Waals surface area contributed by atoms with E-state index in [1.807, 2.05) is 56.4 Å². The third-order valence-corrected chi connectivity index (χ3v) is 10.8. The van der Waals surface area contributed by atoms with Crippen LogP contribution in [0.5, 0.6) is 0 Å². The third-order valence-electron chi connectivity index (χ3n) is 10.8. The zero-order chi connectivity index (χ0) is 38.0. The SMILES string of the molecule is CNC1CCC(NC(=O)c2ccc(-c3ccc(C[C@H](NC(=O)C4CCC(CNC(=O)O)CC4)C(=O)Nc4ccc(-c5nn[nH]n5)cc4)cc3)c(C)c2)CC1. The molecule has 0 radical (unpaired) electrons. The summed E-state index contributed by atoms with van der Waals surface area (Å²) in [5, 5.41) is 37.9. The number of aromatic nitrogens is 4. The number of anilines is 1. The molecule has 1 aromatic heterocycles. The fourth-order valence-corrected chi connectivity index (χ4v) is 7.56. The number of tetrazole rings is 1. The van der Waals surface area contributed by atoms with Crippen LogP contribution < -0.4 is 26.6 Å². The maximum Gasteiger partial charge on any atom is 0.404 e. The van der Waals surface area contributed by atoms with E-state index in [2.05, 4.69) is 47.2 Å². The van der Waals surface area contributed by atoms with Crippen molar-refractivity contribution in [2.24, 2.45) is 11.8 Å². The van der Waals surface area contributed by atoms with Gasteiger partial charge in [-0.15, -0.1) is 10.2 Å². The molecule has 7 N–H and O–H groups in total. The van der Waals surface area contributed by atoms with Crippen molar-refractivity contribution >= 4 is 29.5 Å². The molecule has 2 aliphatic carbocycles. The first kappa shape index (κ1) is 38.1. The molecular weight excluding hydrogens is 686 g/mol. The number of nitrogens with one attached hydrogen (secondary N) is 6. The Kier molecular flexibility index (Phi) is 12.7. The van der Waals surface area contributed by atoms with Gasteiger partial charge in [0.2, 0.25) is 17.6 Å². The summed E-state index contributed by atoms with van der Waals surface area (Å²) < 4.78 is 0. The predicted molar refractivity (Wildman–Crippen MR) is 205 cm³/mol. The minimum absolute atomic E-state index is 0.0505. The van der Waals surface area contributed by atoms with Gasteiger partial charge in [-0.05, 0) is 135 Å². The molecule has 2 aliphatic rings. The summed E-state index contributed by atoms with van der Waals surface area (Å²) >= 11 is 0. The van der Waals surface area contributed by atoms with Crippen LogP contribution in [0.1, 0.15) is 72.9 Å². The van der Waals surface area contributed by atoms with Crippen molar-refractivity contribution in [2.45, 2.75) is 82.8 Å². The van der Waals surface area contributed by atoms with Crippen molar-refractivity contribution < 1.29 is 24.3 Å². The minimum atomic E-state index is -1.05. The first-order valence-corrected chi connectivity index (χ1v) is 18.7. The third kappa shape index (κ3) is 10.1. The Balaban J connectivity index is 1.11. The highest BCUT2D eigenvalue weighted by atomic mass is 16.4. The van der Waals surface area contributed by atoms with E-state index in [9.17, 15) is 19.2 Å². The highest BCUT2D eigenvalue weighted by Crippen LogP contribution is 2.30. The number of carboxylic acid groups (broad SMARTS) is 1. The normalized spacial score (nSPS) is 20.3. The van der Waals surface area contributed by atoms with E-state index in [1.54, 1.807) is 24.3 Å². The Bertz CT molecular complexity index is 1880. The fourth-order valence-electron chi connectivity index (χ4n) is 7.56. The summed E-state index contributed by atoms with van der Waals surface area (Å²) in [6, 6.07) is 20.6. The molecule has 54 heavy (non-hydrogen) atoms. The molecule has 14 nitrogen and oxygen atoms in total. The molecule has 14 heteroatoms. The maximum absolute atomic E-state index is 13.8. The van der Waals surface area contributed by atoms with Crippen LogP contribution in [-0.2, 0) is 16.0 Å². The highest BCUT2D eigenvalue weighted by molar-refractivity contribution is 5.98. The van der Waals surface area contributed by atoms with Crippen LogP contribution in [-0.4, -0.2) is 81.3 Å². The zero-order valence-electron chi connectivity index (χ0n) is 30.7. The molecule has 0 saturated heterocycles. The van der Waals surface area contributed by atoms with Crippen molar-refractivity contribution in [3.05, 3.63) is 83.4 Å². The van der Waals surface area contributed by atoms with E-state index in [1.165, 1.54) is 0 Å². The smallest absolute Gasteiger partial charge is 0.404 e. The predicted octanol–water partition coefficient (Wildman–Crippen LogP) is 4.84. The van der Waals surface area contributed by atoms with Crippen molar-refractivity contribution in [1.82, 2.24) is 41.9 Å². The van der Waals surface area contributed by atoms with Gasteiger partial charge in [0.15, 0.2) is 0 Å². The first-order chi connectivity index (χ1) is 26.1. The summed E-state index contributed by atoms with van der Waals surface area (Å²) in [6.07, 6.45) is 5.97. The molecule has 4 aromatic rings. The Morgan fingerprint density at radius 3 is 2.17 bits per heavy atom. The van der Waals surface area contributed by atoms with E-state index in [0.717, 1.165) is 66.3 Å². The summed E-state index contributed by atoms with van der Waals surface area (Å²) in [6.45, 7) is 2.37. The Labute approximate surface area is 314 Å². The number of nitrogens with zero attached hydrogens (tertiary/aromatic N) is 3. The van der Waals surface area contributed by atoms with Gasteiger partial charge in [0.1, 0.15) is 6.04 Å². The van der Waals surface area contributed by atoms with Gasteiger partial charge in [-0.25, -0.2) is 4.79 Å². The number of H-pyrrole nitrogens is 1. The molecule has 6 rings (SSSR count). The van der Waals surface area contributed by atoms with Crippen molar-refractivity contribution in [3.63, 3.8) is 0 Å². The van der Waals surface area contributed by atoms with Gasteiger partial charge in [-0.1, -0.05) is 30.3 Å². The van der Waals surface area contributed by atoms with Crippen molar-refractivity contribution in [3.8, 4) is 22.5 Å². The fraction of sp³-hybridized carbons (Fsp3) is 0.425. The summed E-state index contributed by atoms with van der Waals surface area (Å²) in [5.74, 6) is -0.231. The topological polar surface area (TPSA) is 203 Å². The van der Waals surface area contributed by atoms with E-state index in [4.69, 9.17) is 5.11 Å². The summed E-state index contributed by atoms with van der Waals surface area (Å²) in [4.78, 5) is 51.3. The molecule has 2 fully saturated rings. The summed E-state index contributed by atoms with van der Waals surface area (Å²) in [7, 11) is 1.99. The van der Waals surface area contributed by atoms with Crippen LogP contribution in [0.4, 0.5) is 10.5 Å². The average molecular weight is 736 g/mol. The van der Waals surface area contributed by atoms with Gasteiger partial charge < -0.3 is 31.7 Å². The van der Waals surface area contributed by atoms with E-state index < -0.39 is 12.1 Å². The monoisotopic (exact) mass is 735 g/mol. The van der Waals surface area contributed by atoms with Gasteiger partial charge in [0, 0.05) is 47.8 Å². The number of aryl methyl sites for hydroxylation is 1. The molecular formula is C40H49N9O5. The van der Waals surface area contributed by atoms with E-state index in [-0.39, 0.29) is 42.0 Å². The van der Waals surface area contributed by atoms with E-state index >= 15 is 0 Å². The maximum atomic E-state index is 13.8. The lowest BCUT2D eigenvalue weighted by Crippen LogP contribution is -2.48. The molecule has 284 valence electrons. The quantitative estimate of drug-likeness (QED) is 0.100. The van der Waals surface area contributed by atoms with E-state index in [0.29, 0.717) is 42.5 Å². The number of amides is 4. The van der Waals surface area contributed by atoms with Crippen molar-refractivity contribution in [2.75, 3.05) is 18.9 Å². The Hall–Kier alpha value is -5.63. The molecule has 1 heterocycles. The molecule has 0 spiro atoms. The number of carbonyl (C=O) groups is 4. The van der Waals surface area contributed by atoms with Gasteiger partial charge in [0.05, 0.1) is 0 Å². The number of hydrogen-bond donors (Lipinski definition) is 7. The summed E-state index contributed by atoms with van der Waals surface area (Å²) in [5.41, 5.74) is 5.78. The second-order valence-corrected chi connectivity index (χ2v) is 14.5. The first-order valence-electron chi connectivity index (χ1n) is 18.7. The highest BCUT2D eigenvalue weighted by Gasteiger charge is 2.30. The number of benzene rings is 3. The average Bonchev–Trinajstić information content (AvgIpc) is 3.73. The molecule has 0 unspecified atom stereocenters. The van der Waals surface area contributed by atoms with Crippen molar-refractivity contribution in [1.29, 1.82) is 0 Å². The van der Waals surface area contributed by atoms with Crippen LogP contribution in [0.25, 0.3) is 22.5 Å². The Morgan fingerprint density at radius 1 is 0.852 bits per heavy atom. The van der Waals surface area contributed by atoms with Gasteiger partial charge in [-0.2, -0.15) is 5.21 Å². The van der Waals surface area contributed by atoms with Gasteiger partial charge in [0.25, 0.3) is 5.91 Å². The lowest BCUT2D eigenvalue weighted by molar-refractivity contribution is -0.130. The lowest BCUT2D eigenvalue weighted by atomic mass is 9.81. The van der Waals surface area contributed by atoms with Gasteiger partial charge in [-0.3, -0.25) is 14.4 Å². The molecule has 0 bridgehead atoms. The molecule has 4 amide bonds. The number of aromatic amines is 1. The van der Waals surface area contributed by atoms with Crippen LogP contribution in [0.15, 0.2) is 66.7 Å². The number of carbonyl (C=O) groups excluding carboxylic acids is 3. The second kappa shape index (κ2) is 17.9. The number of rotatable bonds is 13. The Morgan fingerprint density at radius 2 is 1.54 bits per heavy atom. The minimum Gasteiger partial charge on any atom is -0.465 e. The molecule has 3 aromatic carbocycles.